The van der Waals surface area contributed by atoms with Crippen molar-refractivity contribution in [1.29, 1.82) is 0 Å². The van der Waals surface area contributed by atoms with Gasteiger partial charge in [-0.05, 0) is 20.8 Å². The lowest BCUT2D eigenvalue weighted by Crippen LogP contribution is -2.47. The van der Waals surface area contributed by atoms with E-state index in [2.05, 4.69) is 10.3 Å². The predicted octanol–water partition coefficient (Wildman–Crippen LogP) is 1.03. The van der Waals surface area contributed by atoms with Crippen molar-refractivity contribution in [3.05, 3.63) is 15.6 Å². The van der Waals surface area contributed by atoms with Crippen LogP contribution in [0.1, 0.15) is 33.7 Å². The van der Waals surface area contributed by atoms with E-state index in [1.165, 1.54) is 11.3 Å². The number of thiazole rings is 1. The highest BCUT2D eigenvalue weighted by atomic mass is 32.1. The zero-order chi connectivity index (χ0) is 13.3. The average Bonchev–Trinajstić information content (AvgIpc) is 2.80. The van der Waals surface area contributed by atoms with Crippen molar-refractivity contribution in [1.82, 2.24) is 10.3 Å². The molecule has 1 fully saturated rings. The molecule has 2 heterocycles. The smallest absolute Gasteiger partial charge is 0.263 e. The molecular formula is C12H18N2O3S. The number of rotatable bonds is 3. The molecule has 100 valence electrons. The van der Waals surface area contributed by atoms with Crippen LogP contribution < -0.4 is 5.32 Å². The van der Waals surface area contributed by atoms with Crippen LogP contribution >= 0.6 is 11.3 Å². The quantitative estimate of drug-likeness (QED) is 0.860. The molecule has 1 aliphatic heterocycles. The average molecular weight is 270 g/mol. The number of hydrogen-bond acceptors (Lipinski definition) is 5. The van der Waals surface area contributed by atoms with E-state index < -0.39 is 5.60 Å². The van der Waals surface area contributed by atoms with Gasteiger partial charge in [-0.2, -0.15) is 0 Å². The number of carbonyl (C=O) groups is 1. The predicted molar refractivity (Wildman–Crippen MR) is 68.9 cm³/mol. The van der Waals surface area contributed by atoms with Crippen molar-refractivity contribution in [3.63, 3.8) is 0 Å². The molecule has 18 heavy (non-hydrogen) atoms. The molecule has 2 atom stereocenters. The summed E-state index contributed by atoms with van der Waals surface area (Å²) in [6.07, 6.45) is 0.303. The summed E-state index contributed by atoms with van der Waals surface area (Å²) in [5, 5.41) is 13.9. The summed E-state index contributed by atoms with van der Waals surface area (Å²) in [5.74, 6) is -0.175. The lowest BCUT2D eigenvalue weighted by molar-refractivity contribution is -0.0251. The fraction of sp³-hybridized carbons (Fsp3) is 0.667. The number of nitrogens with zero attached hydrogens (tertiary/aromatic N) is 1. The lowest BCUT2D eigenvalue weighted by atomic mass is 9.97. The maximum Gasteiger partial charge on any atom is 0.263 e. The summed E-state index contributed by atoms with van der Waals surface area (Å²) >= 11 is 1.37. The maximum absolute atomic E-state index is 12.0. The Morgan fingerprint density at radius 1 is 1.67 bits per heavy atom. The first-order valence-electron chi connectivity index (χ1n) is 5.98. The van der Waals surface area contributed by atoms with E-state index in [1.807, 2.05) is 20.8 Å². The van der Waals surface area contributed by atoms with Crippen LogP contribution in [0.25, 0.3) is 0 Å². The first-order chi connectivity index (χ1) is 8.42. The lowest BCUT2D eigenvalue weighted by Gasteiger charge is -2.25. The Balaban J connectivity index is 1.98. The highest BCUT2D eigenvalue weighted by Gasteiger charge is 2.39. The molecule has 0 saturated carbocycles. The third-order valence-corrected chi connectivity index (χ3v) is 4.40. The molecule has 2 rings (SSSR count). The molecule has 1 aliphatic rings. The van der Waals surface area contributed by atoms with Gasteiger partial charge in [0.25, 0.3) is 5.91 Å². The Morgan fingerprint density at radius 3 is 2.89 bits per heavy atom. The molecule has 1 aromatic rings. The third-order valence-electron chi connectivity index (χ3n) is 3.32. The second kappa shape index (κ2) is 4.95. The highest BCUT2D eigenvalue weighted by molar-refractivity contribution is 7.13. The van der Waals surface area contributed by atoms with E-state index in [9.17, 15) is 9.90 Å². The fourth-order valence-corrected chi connectivity index (χ4v) is 2.89. The van der Waals surface area contributed by atoms with Crippen LogP contribution in [-0.4, -0.2) is 40.9 Å². The summed E-state index contributed by atoms with van der Waals surface area (Å²) in [4.78, 5) is 16.8. The van der Waals surface area contributed by atoms with E-state index in [4.69, 9.17) is 4.74 Å². The molecule has 6 heteroatoms. The summed E-state index contributed by atoms with van der Waals surface area (Å²) < 4.78 is 5.32. The summed E-state index contributed by atoms with van der Waals surface area (Å²) in [6, 6.07) is 0. The second-order valence-corrected chi connectivity index (χ2v) is 5.90. The van der Waals surface area contributed by atoms with E-state index in [0.717, 1.165) is 10.7 Å². The number of aromatic nitrogens is 1. The van der Waals surface area contributed by atoms with E-state index in [1.54, 1.807) is 0 Å². The highest BCUT2D eigenvalue weighted by Crippen LogP contribution is 2.25. The van der Waals surface area contributed by atoms with Crippen molar-refractivity contribution in [2.45, 2.75) is 38.9 Å². The first-order valence-corrected chi connectivity index (χ1v) is 6.80. The number of nitrogens with one attached hydrogen (secondary N) is 1. The SMILES string of the molecule is Cc1nc(C)c(C(=O)NCC2(O)CCOC2C)s1. The zero-order valence-corrected chi connectivity index (χ0v) is 11.6. The summed E-state index contributed by atoms with van der Waals surface area (Å²) in [5.41, 5.74) is -0.221. The summed E-state index contributed by atoms with van der Waals surface area (Å²) in [6.45, 7) is 6.25. The van der Waals surface area contributed by atoms with Crippen LogP contribution in [0.15, 0.2) is 0 Å². The molecule has 0 aromatic carbocycles. The monoisotopic (exact) mass is 270 g/mol. The Morgan fingerprint density at radius 2 is 2.39 bits per heavy atom. The number of aryl methyl sites for hydroxylation is 2. The first kappa shape index (κ1) is 13.5. The van der Waals surface area contributed by atoms with Crippen LogP contribution in [0.3, 0.4) is 0 Å². The number of aliphatic hydroxyl groups is 1. The van der Waals surface area contributed by atoms with Gasteiger partial charge < -0.3 is 15.2 Å². The van der Waals surface area contributed by atoms with Crippen molar-refractivity contribution < 1.29 is 14.6 Å². The molecule has 2 unspecified atom stereocenters. The van der Waals surface area contributed by atoms with E-state index in [-0.39, 0.29) is 18.6 Å². The molecule has 0 bridgehead atoms. The van der Waals surface area contributed by atoms with Gasteiger partial charge in [0.05, 0.1) is 16.8 Å². The molecule has 0 radical (unpaired) electrons. The zero-order valence-electron chi connectivity index (χ0n) is 10.8. The van der Waals surface area contributed by atoms with Crippen LogP contribution in [0.5, 0.6) is 0 Å². The largest absolute Gasteiger partial charge is 0.385 e. The molecular weight excluding hydrogens is 252 g/mol. The standard InChI is InChI=1S/C12H18N2O3S/c1-7-10(18-9(3)14-7)11(15)13-6-12(16)4-5-17-8(12)2/h8,16H,4-6H2,1-3H3,(H,13,15). The van der Waals surface area contributed by atoms with Gasteiger partial charge in [-0.25, -0.2) is 4.98 Å². The fourth-order valence-electron chi connectivity index (χ4n) is 2.06. The third kappa shape index (κ3) is 2.55. The van der Waals surface area contributed by atoms with Gasteiger partial charge in [-0.15, -0.1) is 11.3 Å². The van der Waals surface area contributed by atoms with Gasteiger partial charge in [0.2, 0.25) is 0 Å². The van der Waals surface area contributed by atoms with Crippen LogP contribution in [0, 0.1) is 13.8 Å². The molecule has 1 saturated heterocycles. The Kier molecular flexibility index (Phi) is 3.70. The Labute approximate surface area is 110 Å². The minimum absolute atomic E-state index is 0.175. The number of amides is 1. The van der Waals surface area contributed by atoms with Gasteiger partial charge in [-0.3, -0.25) is 4.79 Å². The maximum atomic E-state index is 12.0. The van der Waals surface area contributed by atoms with Gasteiger partial charge in [-0.1, -0.05) is 0 Å². The molecule has 1 amide bonds. The molecule has 0 aliphatic carbocycles. The van der Waals surface area contributed by atoms with Crippen LogP contribution in [0.4, 0.5) is 0 Å². The van der Waals surface area contributed by atoms with E-state index in [0.29, 0.717) is 17.9 Å². The topological polar surface area (TPSA) is 71.5 Å². The van der Waals surface area contributed by atoms with Gasteiger partial charge in [0.1, 0.15) is 10.5 Å². The molecule has 5 nitrogen and oxygen atoms in total. The molecule has 2 N–H and O–H groups in total. The Hall–Kier alpha value is -0.980. The van der Waals surface area contributed by atoms with Crippen LogP contribution in [0.2, 0.25) is 0 Å². The summed E-state index contributed by atoms with van der Waals surface area (Å²) in [7, 11) is 0. The molecule has 1 aromatic heterocycles. The Bertz CT molecular complexity index is 460. The number of hydrogen-bond donors (Lipinski definition) is 2. The van der Waals surface area contributed by atoms with Gasteiger partial charge >= 0.3 is 0 Å². The van der Waals surface area contributed by atoms with Gasteiger partial charge in [0, 0.05) is 19.6 Å². The van der Waals surface area contributed by atoms with Crippen molar-refractivity contribution in [3.8, 4) is 0 Å². The van der Waals surface area contributed by atoms with Crippen molar-refractivity contribution in [2.24, 2.45) is 0 Å². The number of carbonyl (C=O) groups excluding carboxylic acids is 1. The normalized spacial score (nSPS) is 27.4. The van der Waals surface area contributed by atoms with E-state index >= 15 is 0 Å². The van der Waals surface area contributed by atoms with Crippen molar-refractivity contribution >= 4 is 17.2 Å². The van der Waals surface area contributed by atoms with Crippen molar-refractivity contribution in [2.75, 3.05) is 13.2 Å². The minimum Gasteiger partial charge on any atom is -0.385 e. The van der Waals surface area contributed by atoms with Gasteiger partial charge in [0.15, 0.2) is 0 Å². The molecule has 0 spiro atoms. The second-order valence-electron chi connectivity index (χ2n) is 4.70. The minimum atomic E-state index is -0.955. The number of ether oxygens (including phenoxy) is 1. The van der Waals surface area contributed by atoms with Crippen LogP contribution in [-0.2, 0) is 4.74 Å².